The van der Waals surface area contributed by atoms with Crippen LogP contribution < -0.4 is 11.1 Å². The van der Waals surface area contributed by atoms with E-state index in [1.807, 2.05) is 0 Å². The van der Waals surface area contributed by atoms with E-state index in [0.717, 1.165) is 26.2 Å². The fourth-order valence-electron chi connectivity index (χ4n) is 1.45. The summed E-state index contributed by atoms with van der Waals surface area (Å²) in [5.74, 6) is 0.557. The van der Waals surface area contributed by atoms with Crippen molar-refractivity contribution in [1.82, 2.24) is 5.32 Å². The van der Waals surface area contributed by atoms with E-state index in [9.17, 15) is 4.79 Å². The molecular formula is C11H22N2O2. The molecule has 4 heteroatoms. The number of rotatable bonds is 6. The van der Waals surface area contributed by atoms with Crippen molar-refractivity contribution in [2.45, 2.75) is 26.7 Å². The predicted octanol–water partition coefficient (Wildman–Crippen LogP) is 0.514. The molecule has 0 bridgehead atoms. The molecule has 15 heavy (non-hydrogen) atoms. The summed E-state index contributed by atoms with van der Waals surface area (Å²) in [5, 5.41) is 2.94. The molecule has 0 spiro atoms. The molecule has 88 valence electrons. The molecule has 0 aromatic carbocycles. The summed E-state index contributed by atoms with van der Waals surface area (Å²) in [4.78, 5) is 11.5. The Labute approximate surface area is 91.5 Å². The van der Waals surface area contributed by atoms with E-state index in [1.54, 1.807) is 0 Å². The third kappa shape index (κ3) is 4.18. The van der Waals surface area contributed by atoms with Crippen molar-refractivity contribution in [2.24, 2.45) is 17.1 Å². The summed E-state index contributed by atoms with van der Waals surface area (Å²) in [6.07, 6.45) is 1.45. The highest BCUT2D eigenvalue weighted by Crippen LogP contribution is 2.25. The van der Waals surface area contributed by atoms with Gasteiger partial charge in [-0.25, -0.2) is 0 Å². The minimum Gasteiger partial charge on any atom is -0.380 e. The van der Waals surface area contributed by atoms with Crippen molar-refractivity contribution in [3.8, 4) is 0 Å². The van der Waals surface area contributed by atoms with Crippen molar-refractivity contribution in [3.05, 3.63) is 0 Å². The zero-order valence-electron chi connectivity index (χ0n) is 9.71. The first-order chi connectivity index (χ1) is 7.06. The monoisotopic (exact) mass is 214 g/mol. The van der Waals surface area contributed by atoms with Gasteiger partial charge in [-0.05, 0) is 18.9 Å². The molecule has 1 rings (SSSR count). The van der Waals surface area contributed by atoms with Crippen molar-refractivity contribution in [3.63, 3.8) is 0 Å². The summed E-state index contributed by atoms with van der Waals surface area (Å²) in [5.41, 5.74) is 5.65. The maximum absolute atomic E-state index is 11.5. The Morgan fingerprint density at radius 2 is 2.27 bits per heavy atom. The molecule has 0 saturated carbocycles. The van der Waals surface area contributed by atoms with Crippen molar-refractivity contribution < 1.29 is 9.53 Å². The lowest BCUT2D eigenvalue weighted by Crippen LogP contribution is -2.48. The van der Waals surface area contributed by atoms with Gasteiger partial charge in [0, 0.05) is 18.4 Å². The predicted molar refractivity (Wildman–Crippen MR) is 59.4 cm³/mol. The van der Waals surface area contributed by atoms with Crippen molar-refractivity contribution in [1.29, 1.82) is 0 Å². The number of carbonyl (C=O) groups excluding carboxylic acids is 1. The van der Waals surface area contributed by atoms with E-state index >= 15 is 0 Å². The quantitative estimate of drug-likeness (QED) is 0.677. The van der Waals surface area contributed by atoms with E-state index in [-0.39, 0.29) is 11.3 Å². The van der Waals surface area contributed by atoms with Crippen LogP contribution in [-0.4, -0.2) is 32.2 Å². The SMILES string of the molecule is CC(CN)CCC(=O)NCC1(C)COC1. The van der Waals surface area contributed by atoms with E-state index in [1.165, 1.54) is 0 Å². The first kappa shape index (κ1) is 12.5. The highest BCUT2D eigenvalue weighted by atomic mass is 16.5. The molecule has 4 nitrogen and oxygen atoms in total. The van der Waals surface area contributed by atoms with Crippen LogP contribution in [0.4, 0.5) is 0 Å². The summed E-state index contributed by atoms with van der Waals surface area (Å²) in [7, 11) is 0. The van der Waals surface area contributed by atoms with Gasteiger partial charge in [0.05, 0.1) is 13.2 Å². The van der Waals surface area contributed by atoms with Crippen LogP contribution in [0.2, 0.25) is 0 Å². The molecule has 1 fully saturated rings. The topological polar surface area (TPSA) is 64.4 Å². The maximum Gasteiger partial charge on any atom is 0.220 e. The van der Waals surface area contributed by atoms with Gasteiger partial charge < -0.3 is 15.8 Å². The van der Waals surface area contributed by atoms with Crippen LogP contribution in [0.5, 0.6) is 0 Å². The average Bonchev–Trinajstić information content (AvgIpc) is 2.20. The Balaban J connectivity index is 2.08. The minimum absolute atomic E-state index is 0.128. The zero-order valence-corrected chi connectivity index (χ0v) is 9.71. The molecule has 1 unspecified atom stereocenters. The second-order valence-electron chi connectivity index (χ2n) is 4.96. The van der Waals surface area contributed by atoms with Crippen LogP contribution in [0.15, 0.2) is 0 Å². The molecule has 0 aromatic rings. The first-order valence-corrected chi connectivity index (χ1v) is 5.60. The number of ether oxygens (including phenoxy) is 1. The Morgan fingerprint density at radius 1 is 1.60 bits per heavy atom. The van der Waals surface area contributed by atoms with Crippen LogP contribution in [0.1, 0.15) is 26.7 Å². The van der Waals surface area contributed by atoms with E-state index < -0.39 is 0 Å². The van der Waals surface area contributed by atoms with Gasteiger partial charge in [-0.2, -0.15) is 0 Å². The van der Waals surface area contributed by atoms with Gasteiger partial charge in [0.2, 0.25) is 5.91 Å². The lowest BCUT2D eigenvalue weighted by atomic mass is 9.88. The highest BCUT2D eigenvalue weighted by Gasteiger charge is 2.33. The second-order valence-corrected chi connectivity index (χ2v) is 4.96. The highest BCUT2D eigenvalue weighted by molar-refractivity contribution is 5.75. The van der Waals surface area contributed by atoms with E-state index in [0.29, 0.717) is 18.9 Å². The summed E-state index contributed by atoms with van der Waals surface area (Å²) >= 11 is 0. The molecule has 1 saturated heterocycles. The molecule has 0 aliphatic carbocycles. The summed E-state index contributed by atoms with van der Waals surface area (Å²) in [6, 6.07) is 0. The van der Waals surface area contributed by atoms with Crippen LogP contribution >= 0.6 is 0 Å². The van der Waals surface area contributed by atoms with Gasteiger partial charge in [0.15, 0.2) is 0 Å². The Morgan fingerprint density at radius 3 is 2.73 bits per heavy atom. The van der Waals surface area contributed by atoms with Crippen LogP contribution in [0.25, 0.3) is 0 Å². The Hall–Kier alpha value is -0.610. The van der Waals surface area contributed by atoms with Crippen LogP contribution in [-0.2, 0) is 9.53 Å². The lowest BCUT2D eigenvalue weighted by Gasteiger charge is -2.38. The second kappa shape index (κ2) is 5.47. The van der Waals surface area contributed by atoms with Gasteiger partial charge >= 0.3 is 0 Å². The smallest absolute Gasteiger partial charge is 0.220 e. The van der Waals surface area contributed by atoms with Crippen molar-refractivity contribution >= 4 is 5.91 Å². The van der Waals surface area contributed by atoms with Crippen LogP contribution in [0, 0.1) is 11.3 Å². The fraction of sp³-hybridized carbons (Fsp3) is 0.909. The van der Waals surface area contributed by atoms with Crippen LogP contribution in [0.3, 0.4) is 0 Å². The van der Waals surface area contributed by atoms with Gasteiger partial charge in [-0.1, -0.05) is 13.8 Å². The summed E-state index contributed by atoms with van der Waals surface area (Å²) < 4.78 is 5.12. The molecule has 1 amide bonds. The molecule has 3 N–H and O–H groups in total. The molecule has 0 radical (unpaired) electrons. The first-order valence-electron chi connectivity index (χ1n) is 5.60. The number of carbonyl (C=O) groups is 1. The lowest BCUT2D eigenvalue weighted by molar-refractivity contribution is -0.127. The van der Waals surface area contributed by atoms with E-state index in [4.69, 9.17) is 10.5 Å². The van der Waals surface area contributed by atoms with Gasteiger partial charge in [0.25, 0.3) is 0 Å². The molecule has 1 aliphatic heterocycles. The Kier molecular flexibility index (Phi) is 4.54. The molecular weight excluding hydrogens is 192 g/mol. The summed E-state index contributed by atoms with van der Waals surface area (Å²) in [6.45, 7) is 7.08. The van der Waals surface area contributed by atoms with E-state index in [2.05, 4.69) is 19.2 Å². The normalized spacial score (nSPS) is 20.5. The van der Waals surface area contributed by atoms with Gasteiger partial charge in [-0.3, -0.25) is 4.79 Å². The zero-order chi connectivity index (χ0) is 11.3. The number of amides is 1. The largest absolute Gasteiger partial charge is 0.380 e. The standard InChI is InChI=1S/C11H22N2O2/c1-9(5-12)3-4-10(14)13-6-11(2)7-15-8-11/h9H,3-8,12H2,1-2H3,(H,13,14). The maximum atomic E-state index is 11.5. The van der Waals surface area contributed by atoms with Crippen molar-refractivity contribution in [2.75, 3.05) is 26.3 Å². The van der Waals surface area contributed by atoms with Gasteiger partial charge in [0.1, 0.15) is 0 Å². The molecule has 1 heterocycles. The number of nitrogens with two attached hydrogens (primary N) is 1. The molecule has 1 atom stereocenters. The fourth-order valence-corrected chi connectivity index (χ4v) is 1.45. The number of nitrogens with one attached hydrogen (secondary N) is 1. The number of hydrogen-bond donors (Lipinski definition) is 2. The average molecular weight is 214 g/mol. The van der Waals surface area contributed by atoms with Gasteiger partial charge in [-0.15, -0.1) is 0 Å². The Bertz CT molecular complexity index is 215. The molecule has 1 aliphatic rings. The number of hydrogen-bond acceptors (Lipinski definition) is 3. The minimum atomic E-state index is 0.128. The third-order valence-electron chi connectivity index (χ3n) is 2.88. The third-order valence-corrected chi connectivity index (χ3v) is 2.88. The molecule has 0 aromatic heterocycles.